The van der Waals surface area contributed by atoms with Gasteiger partial charge in [-0.15, -0.1) is 0 Å². The second kappa shape index (κ2) is 6.89. The molecule has 0 bridgehead atoms. The van der Waals surface area contributed by atoms with Gasteiger partial charge in [-0.3, -0.25) is 0 Å². The summed E-state index contributed by atoms with van der Waals surface area (Å²) in [5.41, 5.74) is 1.42. The van der Waals surface area contributed by atoms with Gasteiger partial charge in [-0.25, -0.2) is 0 Å². The van der Waals surface area contributed by atoms with Crippen LogP contribution in [0.15, 0.2) is 30.3 Å². The summed E-state index contributed by atoms with van der Waals surface area (Å²) in [6.07, 6.45) is 0. The zero-order valence-corrected chi connectivity index (χ0v) is 11.5. The van der Waals surface area contributed by atoms with Gasteiger partial charge in [-0.2, -0.15) is 0 Å². The number of rotatable bonds is 5. The Bertz CT molecular complexity index is 283. The number of hydrogen-bond donors (Lipinski definition) is 0. The van der Waals surface area contributed by atoms with E-state index >= 15 is 0 Å². The van der Waals surface area contributed by atoms with Crippen molar-refractivity contribution in [1.29, 1.82) is 0 Å². The molecule has 2 nitrogen and oxygen atoms in total. The molecule has 0 saturated heterocycles. The smallest absolute Gasteiger partial charge is 0.104 e. The van der Waals surface area contributed by atoms with E-state index in [-0.39, 0.29) is 12.4 Å². The van der Waals surface area contributed by atoms with Crippen molar-refractivity contribution >= 4 is 0 Å². The minimum Gasteiger partial charge on any atom is -1.00 e. The van der Waals surface area contributed by atoms with Crippen LogP contribution in [0.2, 0.25) is 0 Å². The normalized spacial score (nSPS) is 11.3. The van der Waals surface area contributed by atoms with Crippen molar-refractivity contribution in [3.8, 4) is 0 Å². The zero-order valence-electron chi connectivity index (χ0n) is 10.8. The molecule has 0 unspecified atom stereocenters. The Kier molecular flexibility index (Phi) is 6.65. The van der Waals surface area contributed by atoms with Crippen LogP contribution in [0, 0.1) is 0 Å². The van der Waals surface area contributed by atoms with Crippen molar-refractivity contribution in [3.05, 3.63) is 35.9 Å². The first-order valence-electron chi connectivity index (χ1n) is 5.50. The Morgan fingerprint density at radius 3 is 2.12 bits per heavy atom. The molecule has 0 aliphatic heterocycles. The third-order valence-corrected chi connectivity index (χ3v) is 2.61. The fraction of sp³-hybridized carbons (Fsp3) is 0.538. The molecule has 3 heteroatoms. The molecule has 0 N–H and O–H groups in total. The van der Waals surface area contributed by atoms with Crippen molar-refractivity contribution in [3.63, 3.8) is 0 Å². The summed E-state index contributed by atoms with van der Waals surface area (Å²) >= 11 is 0. The molecule has 0 aromatic heterocycles. The first-order valence-corrected chi connectivity index (χ1v) is 5.50. The van der Waals surface area contributed by atoms with Gasteiger partial charge in [-0.1, -0.05) is 30.3 Å². The van der Waals surface area contributed by atoms with Crippen LogP contribution in [-0.2, 0) is 6.54 Å². The third kappa shape index (κ3) is 6.11. The highest BCUT2D eigenvalue weighted by Crippen LogP contribution is 2.08. The van der Waals surface area contributed by atoms with Crippen LogP contribution in [0.5, 0.6) is 0 Å². The van der Waals surface area contributed by atoms with Crippen molar-refractivity contribution in [2.24, 2.45) is 0 Å². The fourth-order valence-corrected chi connectivity index (χ4v) is 1.63. The predicted molar refractivity (Wildman–Crippen MR) is 65.7 cm³/mol. The van der Waals surface area contributed by atoms with Gasteiger partial charge in [0.1, 0.15) is 6.54 Å². The second-order valence-electron chi connectivity index (χ2n) is 5.11. The molecule has 0 fully saturated rings. The molecule has 0 saturated carbocycles. The molecule has 92 valence electrons. The summed E-state index contributed by atoms with van der Waals surface area (Å²) < 4.78 is 1.04. The van der Waals surface area contributed by atoms with E-state index in [2.05, 4.69) is 63.4 Å². The number of likely N-dealkylation sites (N-methyl/N-ethyl adjacent to an activating group) is 2. The van der Waals surface area contributed by atoms with E-state index in [1.54, 1.807) is 0 Å². The van der Waals surface area contributed by atoms with E-state index in [9.17, 15) is 0 Å². The lowest BCUT2D eigenvalue weighted by molar-refractivity contribution is -0.903. The predicted octanol–water partition coefficient (Wildman–Crippen LogP) is -1.17. The van der Waals surface area contributed by atoms with Crippen LogP contribution < -0.4 is 12.4 Å². The number of halogens is 1. The number of quaternary nitrogens is 1. The van der Waals surface area contributed by atoms with Crippen LogP contribution in [0.4, 0.5) is 0 Å². The largest absolute Gasteiger partial charge is 1.00 e. The maximum absolute atomic E-state index is 2.29. The molecule has 0 heterocycles. The topological polar surface area (TPSA) is 3.24 Å². The molecule has 0 spiro atoms. The highest BCUT2D eigenvalue weighted by Gasteiger charge is 2.15. The van der Waals surface area contributed by atoms with Gasteiger partial charge in [0.15, 0.2) is 0 Å². The molecule has 0 amide bonds. The van der Waals surface area contributed by atoms with Crippen molar-refractivity contribution < 1.29 is 16.9 Å². The van der Waals surface area contributed by atoms with Crippen molar-refractivity contribution in [2.45, 2.75) is 6.54 Å². The van der Waals surface area contributed by atoms with E-state index in [0.717, 1.165) is 17.6 Å². The van der Waals surface area contributed by atoms with Crippen LogP contribution in [0.3, 0.4) is 0 Å². The molecule has 1 aromatic rings. The second-order valence-corrected chi connectivity index (χ2v) is 5.11. The molecule has 1 aromatic carbocycles. The zero-order chi connectivity index (χ0) is 11.3. The van der Waals surface area contributed by atoms with Gasteiger partial charge in [0.25, 0.3) is 0 Å². The van der Waals surface area contributed by atoms with Crippen molar-refractivity contribution in [2.75, 3.05) is 41.3 Å². The van der Waals surface area contributed by atoms with Gasteiger partial charge in [0, 0.05) is 12.1 Å². The van der Waals surface area contributed by atoms with E-state index < -0.39 is 0 Å². The molecule has 0 radical (unpaired) electrons. The molecule has 16 heavy (non-hydrogen) atoms. The maximum atomic E-state index is 2.29. The monoisotopic (exact) mass is 242 g/mol. The molecular weight excluding hydrogens is 220 g/mol. The number of hydrogen-bond acceptors (Lipinski definition) is 1. The first kappa shape index (κ1) is 15.4. The minimum atomic E-state index is 0. The van der Waals surface area contributed by atoms with Crippen LogP contribution in [0.1, 0.15) is 5.56 Å². The van der Waals surface area contributed by atoms with Crippen molar-refractivity contribution in [1.82, 2.24) is 4.90 Å². The molecule has 0 atom stereocenters. The van der Waals surface area contributed by atoms with Gasteiger partial charge >= 0.3 is 0 Å². The Labute approximate surface area is 106 Å². The summed E-state index contributed by atoms with van der Waals surface area (Å²) in [6.45, 7) is 3.43. The average Bonchev–Trinajstić information content (AvgIpc) is 2.16. The van der Waals surface area contributed by atoms with Gasteiger partial charge in [-0.05, 0) is 14.1 Å². The molecular formula is C13H23ClN2. The highest BCUT2D eigenvalue weighted by atomic mass is 35.5. The summed E-state index contributed by atoms with van der Waals surface area (Å²) in [6, 6.07) is 10.7. The highest BCUT2D eigenvalue weighted by molar-refractivity contribution is 5.13. The lowest BCUT2D eigenvalue weighted by Crippen LogP contribution is -3.00. The van der Waals surface area contributed by atoms with Gasteiger partial charge in [0.05, 0.1) is 20.6 Å². The number of nitrogens with zero attached hydrogens (tertiary/aromatic N) is 2. The lowest BCUT2D eigenvalue weighted by atomic mass is 10.2. The van der Waals surface area contributed by atoms with E-state index in [0.29, 0.717) is 0 Å². The summed E-state index contributed by atoms with van der Waals surface area (Å²) in [5, 5.41) is 0. The Morgan fingerprint density at radius 1 is 1.06 bits per heavy atom. The molecule has 0 aliphatic rings. The Morgan fingerprint density at radius 2 is 1.62 bits per heavy atom. The Balaban J connectivity index is 0.00000225. The summed E-state index contributed by atoms with van der Waals surface area (Å²) in [4.78, 5) is 2.24. The third-order valence-electron chi connectivity index (χ3n) is 2.61. The quantitative estimate of drug-likeness (QED) is 0.589. The lowest BCUT2D eigenvalue weighted by Gasteiger charge is -2.31. The molecule has 1 rings (SSSR count). The van der Waals surface area contributed by atoms with Crippen LogP contribution >= 0.6 is 0 Å². The molecule has 0 aliphatic carbocycles. The standard InChI is InChI=1S/C13H23N2.ClH/c1-14(2)10-11-15(3,4)12-13-8-6-5-7-9-13;/h5-9H,10-12H2,1-4H3;1H/q+1;/p-1. The average molecular weight is 243 g/mol. The van der Waals surface area contributed by atoms with Gasteiger partial charge in [0.2, 0.25) is 0 Å². The minimum absolute atomic E-state index is 0. The summed E-state index contributed by atoms with van der Waals surface area (Å²) in [5.74, 6) is 0. The number of benzene rings is 1. The van der Waals surface area contributed by atoms with Gasteiger partial charge < -0.3 is 21.8 Å². The van der Waals surface area contributed by atoms with E-state index in [1.807, 2.05) is 0 Å². The van der Waals surface area contributed by atoms with E-state index in [1.165, 1.54) is 12.1 Å². The maximum Gasteiger partial charge on any atom is 0.104 e. The summed E-state index contributed by atoms with van der Waals surface area (Å²) in [7, 11) is 8.83. The van der Waals surface area contributed by atoms with Crippen LogP contribution in [-0.4, -0.2) is 50.7 Å². The van der Waals surface area contributed by atoms with Crippen LogP contribution in [0.25, 0.3) is 0 Å². The van der Waals surface area contributed by atoms with E-state index in [4.69, 9.17) is 0 Å². The fourth-order valence-electron chi connectivity index (χ4n) is 1.63. The Hall–Kier alpha value is -0.570. The SMILES string of the molecule is CN(C)CC[N+](C)(C)Cc1ccccc1.[Cl-]. The first-order chi connectivity index (χ1) is 6.99.